The summed E-state index contributed by atoms with van der Waals surface area (Å²) in [6.45, 7) is 8.21. The van der Waals surface area contributed by atoms with Crippen molar-refractivity contribution >= 4 is 42.4 Å². The molecule has 4 rings (SSSR count). The number of hydrogen-bond acceptors (Lipinski definition) is 9. The second-order valence-corrected chi connectivity index (χ2v) is 17.9. The van der Waals surface area contributed by atoms with Crippen LogP contribution in [-0.2, 0) is 39.6 Å². The molecule has 0 aromatic heterocycles. The molecule has 1 aliphatic heterocycles. The van der Waals surface area contributed by atoms with Crippen molar-refractivity contribution in [3.05, 3.63) is 96.6 Å². The molecule has 0 aliphatic carbocycles. The number of rotatable bonds is 14. The lowest BCUT2D eigenvalue weighted by atomic mass is 9.99. The van der Waals surface area contributed by atoms with Gasteiger partial charge in [0.15, 0.2) is 6.10 Å². The minimum atomic E-state index is -2.94. The summed E-state index contributed by atoms with van der Waals surface area (Å²) >= 11 is 1.42. The average Bonchev–Trinajstić information content (AvgIpc) is 3.05. The molecule has 1 saturated heterocycles. The molecule has 3 aromatic rings. The highest BCUT2D eigenvalue weighted by Crippen LogP contribution is 2.39. The first-order chi connectivity index (χ1) is 22.1. The molecule has 1 unspecified atom stereocenters. The van der Waals surface area contributed by atoms with Crippen molar-refractivity contribution in [3.8, 4) is 0 Å². The summed E-state index contributed by atoms with van der Waals surface area (Å²) in [5.74, 6) is -0.254. The Morgan fingerprint density at radius 1 is 0.891 bits per heavy atom. The van der Waals surface area contributed by atoms with Gasteiger partial charge >= 0.3 is 11.9 Å². The number of aliphatic hydroxyl groups is 1. The zero-order valence-corrected chi connectivity index (χ0v) is 29.1. The monoisotopic (exact) mass is 666 g/mol. The van der Waals surface area contributed by atoms with E-state index in [0.717, 1.165) is 15.9 Å². The number of benzene rings is 3. The first-order valence-corrected chi connectivity index (χ1v) is 18.6. The van der Waals surface area contributed by atoms with Crippen molar-refractivity contribution in [2.24, 2.45) is 0 Å². The molecule has 46 heavy (non-hydrogen) atoms. The fraction of sp³-hybridized carbons (Fsp3) is 0.444. The molecule has 1 fully saturated rings. The summed E-state index contributed by atoms with van der Waals surface area (Å²) in [4.78, 5) is 24.0. The lowest BCUT2D eigenvalue weighted by molar-refractivity contribution is -0.231. The number of hydrogen-bond donors (Lipinski definition) is 1. The Bertz CT molecular complexity index is 1330. The van der Waals surface area contributed by atoms with Crippen LogP contribution in [0.1, 0.15) is 46.1 Å². The van der Waals surface area contributed by atoms with E-state index in [1.807, 2.05) is 66.7 Å². The molecular weight excluding hydrogens is 621 g/mol. The van der Waals surface area contributed by atoms with Gasteiger partial charge in [-0.3, -0.25) is 9.59 Å². The zero-order chi connectivity index (χ0) is 33.2. The summed E-state index contributed by atoms with van der Waals surface area (Å²) in [6.07, 6.45) is -2.91. The highest BCUT2D eigenvalue weighted by molar-refractivity contribution is 7.99. The second kappa shape index (κ2) is 16.7. The van der Waals surface area contributed by atoms with Gasteiger partial charge in [0.25, 0.3) is 8.32 Å². The van der Waals surface area contributed by atoms with Gasteiger partial charge < -0.3 is 28.5 Å². The number of carbonyl (C=O) groups excluding carboxylic acids is 2. The molecule has 8 nitrogen and oxygen atoms in total. The first kappa shape index (κ1) is 35.9. The maximum absolute atomic E-state index is 12.3. The molecule has 0 radical (unpaired) electrons. The molecular formula is C36H46O8SSi. The van der Waals surface area contributed by atoms with Crippen LogP contribution in [0.2, 0.25) is 5.04 Å². The molecule has 5 atom stereocenters. The van der Waals surface area contributed by atoms with Gasteiger partial charge in [0.05, 0.1) is 20.3 Å². The third-order valence-electron chi connectivity index (χ3n) is 8.12. The van der Waals surface area contributed by atoms with Crippen molar-refractivity contribution in [1.29, 1.82) is 0 Å². The largest absolute Gasteiger partial charge is 0.469 e. The van der Waals surface area contributed by atoms with Gasteiger partial charge in [-0.15, -0.1) is 11.8 Å². The van der Waals surface area contributed by atoms with Crippen molar-refractivity contribution in [1.82, 2.24) is 0 Å². The summed E-state index contributed by atoms with van der Waals surface area (Å²) in [7, 11) is -1.58. The molecule has 248 valence electrons. The molecule has 0 spiro atoms. The van der Waals surface area contributed by atoms with Gasteiger partial charge in [0, 0.05) is 13.3 Å². The van der Waals surface area contributed by atoms with Crippen LogP contribution in [0.15, 0.2) is 91.0 Å². The standard InChI is InChI=1S/C36H46O8SSi/c1-26(37)43-34-33(41-24-27-16-9-6-10-17-27)32(39)30(44-35(34)45-23-15-22-31(38)40-5)25-42-46(36(2,3)4,28-18-11-7-12-19-28)29-20-13-8-14-21-29/h6-14,16-21,30,32-35,39H,15,22-25H2,1-5H3/t30-,32+,33+,34-,35?/m1/s1. The fourth-order valence-electron chi connectivity index (χ4n) is 5.92. The normalized spacial score (nSPS) is 21.8. The molecule has 1 N–H and O–H groups in total. The number of carbonyl (C=O) groups is 2. The second-order valence-electron chi connectivity index (χ2n) is 12.4. The van der Waals surface area contributed by atoms with Crippen molar-refractivity contribution in [2.45, 2.75) is 82.0 Å². The predicted octanol–water partition coefficient (Wildman–Crippen LogP) is 4.85. The van der Waals surface area contributed by atoms with Gasteiger partial charge in [0.2, 0.25) is 0 Å². The molecule has 3 aromatic carbocycles. The number of methoxy groups -OCH3 is 1. The highest BCUT2D eigenvalue weighted by Gasteiger charge is 2.53. The zero-order valence-electron chi connectivity index (χ0n) is 27.3. The maximum Gasteiger partial charge on any atom is 0.305 e. The van der Waals surface area contributed by atoms with Crippen LogP contribution in [0.4, 0.5) is 0 Å². The Kier molecular flexibility index (Phi) is 13.0. The van der Waals surface area contributed by atoms with E-state index >= 15 is 0 Å². The van der Waals surface area contributed by atoms with E-state index in [1.54, 1.807) is 0 Å². The topological polar surface area (TPSA) is 101 Å². The third-order valence-corrected chi connectivity index (χ3v) is 14.4. The SMILES string of the molecule is COC(=O)CCCSC1O[C@H](CO[Si](c2ccccc2)(c2ccccc2)C(C)(C)C)[C@H](O)[C@H](OCc2ccccc2)[C@H]1OC(C)=O. The maximum atomic E-state index is 12.3. The molecule has 0 amide bonds. The Balaban J connectivity index is 1.66. The summed E-state index contributed by atoms with van der Waals surface area (Å²) in [5.41, 5.74) is 0.253. The van der Waals surface area contributed by atoms with E-state index in [0.29, 0.717) is 12.2 Å². The lowest BCUT2D eigenvalue weighted by Crippen LogP contribution is -2.68. The Hall–Kier alpha value is -2.99. The van der Waals surface area contributed by atoms with Crippen LogP contribution >= 0.6 is 11.8 Å². The van der Waals surface area contributed by atoms with Crippen LogP contribution < -0.4 is 10.4 Å². The first-order valence-electron chi connectivity index (χ1n) is 15.7. The Morgan fingerprint density at radius 2 is 1.46 bits per heavy atom. The van der Waals surface area contributed by atoms with E-state index in [-0.39, 0.29) is 30.6 Å². The Morgan fingerprint density at radius 3 is 1.98 bits per heavy atom. The minimum absolute atomic E-state index is 0.0889. The van der Waals surface area contributed by atoms with E-state index in [2.05, 4.69) is 45.0 Å². The molecule has 0 bridgehead atoms. The van der Waals surface area contributed by atoms with Crippen LogP contribution in [0.25, 0.3) is 0 Å². The predicted molar refractivity (Wildman–Crippen MR) is 183 cm³/mol. The fourth-order valence-corrected chi connectivity index (χ4v) is 11.7. The van der Waals surface area contributed by atoms with Crippen LogP contribution in [0.3, 0.4) is 0 Å². The van der Waals surface area contributed by atoms with Gasteiger partial charge in [-0.05, 0) is 33.1 Å². The summed E-state index contributed by atoms with van der Waals surface area (Å²) < 4.78 is 30.6. The molecule has 10 heteroatoms. The third kappa shape index (κ3) is 8.87. The van der Waals surface area contributed by atoms with Gasteiger partial charge in [-0.1, -0.05) is 112 Å². The van der Waals surface area contributed by atoms with E-state index in [4.69, 9.17) is 23.4 Å². The van der Waals surface area contributed by atoms with Crippen molar-refractivity contribution in [3.63, 3.8) is 0 Å². The van der Waals surface area contributed by atoms with Crippen molar-refractivity contribution in [2.75, 3.05) is 19.5 Å². The molecule has 1 aliphatic rings. The number of aliphatic hydroxyl groups excluding tert-OH is 1. The van der Waals surface area contributed by atoms with Crippen molar-refractivity contribution < 1.29 is 38.1 Å². The van der Waals surface area contributed by atoms with E-state index in [9.17, 15) is 14.7 Å². The quantitative estimate of drug-likeness (QED) is 0.147. The number of thioether (sulfide) groups is 1. The summed E-state index contributed by atoms with van der Waals surface area (Å²) in [5, 5.41) is 13.8. The summed E-state index contributed by atoms with van der Waals surface area (Å²) in [6, 6.07) is 30.2. The van der Waals surface area contributed by atoms with Gasteiger partial charge in [0.1, 0.15) is 23.7 Å². The van der Waals surface area contributed by atoms with Crippen LogP contribution in [0, 0.1) is 0 Å². The highest BCUT2D eigenvalue weighted by atomic mass is 32.2. The van der Waals surface area contributed by atoms with Crippen LogP contribution in [0.5, 0.6) is 0 Å². The smallest absolute Gasteiger partial charge is 0.305 e. The van der Waals surface area contributed by atoms with Crippen LogP contribution in [-0.4, -0.2) is 74.7 Å². The average molecular weight is 667 g/mol. The van der Waals surface area contributed by atoms with Gasteiger partial charge in [-0.2, -0.15) is 0 Å². The lowest BCUT2D eigenvalue weighted by Gasteiger charge is -2.47. The molecule has 0 saturated carbocycles. The minimum Gasteiger partial charge on any atom is -0.469 e. The number of esters is 2. The van der Waals surface area contributed by atoms with Gasteiger partial charge in [-0.25, -0.2) is 0 Å². The number of ether oxygens (including phenoxy) is 4. The van der Waals surface area contributed by atoms with E-state index < -0.39 is 44.1 Å². The molecule has 1 heterocycles. The Labute approximate surface area is 277 Å². The van der Waals surface area contributed by atoms with E-state index in [1.165, 1.54) is 25.8 Å².